The summed E-state index contributed by atoms with van der Waals surface area (Å²) < 4.78 is 7.97. The van der Waals surface area contributed by atoms with Crippen LogP contribution in [0, 0.1) is 29.6 Å². The number of thiophene rings is 2. The Balaban J connectivity index is 1.30. The Morgan fingerprint density at radius 2 is 2.19 bits per heavy atom. The molecule has 2 atom stereocenters. The number of rotatable bonds is 7. The molecule has 7 nitrogen and oxygen atoms in total. The first-order valence-corrected chi connectivity index (χ1v) is 15.5. The number of aryl methyl sites for hydroxylation is 1. The number of fused-ring (bicyclic) bond motifs is 1. The van der Waals surface area contributed by atoms with Gasteiger partial charge >= 0.3 is 0 Å². The number of aromatic nitrogens is 3. The fourth-order valence-corrected chi connectivity index (χ4v) is 7.87. The van der Waals surface area contributed by atoms with E-state index in [1.807, 2.05) is 0 Å². The summed E-state index contributed by atoms with van der Waals surface area (Å²) in [6.45, 7) is 10.4. The van der Waals surface area contributed by atoms with Crippen molar-refractivity contribution < 1.29 is 9.53 Å². The Hall–Kier alpha value is -2.19. The average molecular weight is 556 g/mol. The number of carbonyl (C=O) groups excluding carboxylic acids is 1. The van der Waals surface area contributed by atoms with Crippen molar-refractivity contribution >= 4 is 45.3 Å². The lowest BCUT2D eigenvalue weighted by atomic mass is 9.72. The Morgan fingerprint density at radius 3 is 2.86 bits per heavy atom. The predicted octanol–water partition coefficient (Wildman–Crippen LogP) is 6.31. The third-order valence-corrected chi connectivity index (χ3v) is 10.3. The second-order valence-corrected chi connectivity index (χ2v) is 14.1. The number of thioether (sulfide) groups is 1. The molecule has 1 N–H and O–H groups in total. The van der Waals surface area contributed by atoms with Crippen molar-refractivity contribution in [3.05, 3.63) is 32.3 Å². The van der Waals surface area contributed by atoms with E-state index in [0.29, 0.717) is 28.2 Å². The van der Waals surface area contributed by atoms with Crippen molar-refractivity contribution in [2.75, 3.05) is 17.7 Å². The summed E-state index contributed by atoms with van der Waals surface area (Å²) in [5, 5.41) is 25.3. The van der Waals surface area contributed by atoms with Gasteiger partial charge in [0.1, 0.15) is 11.1 Å². The molecule has 1 aliphatic carbocycles. The van der Waals surface area contributed by atoms with Gasteiger partial charge in [-0.05, 0) is 62.0 Å². The highest BCUT2D eigenvalue weighted by molar-refractivity contribution is 7.99. The van der Waals surface area contributed by atoms with Crippen LogP contribution in [0.25, 0.3) is 11.4 Å². The SMILES string of the molecule is Cc1cc(-c2nnc(SCC(=O)Nc3sc4c(c3C#N)CCC(C(C)(C)C)C4)n2CC2CCCO2)cs1. The standard InChI is InChI=1S/C27H33N5O2S3/c1-16-10-17(14-35-16)24-30-31-26(32(24)13-19-6-5-9-34-19)36-15-23(33)29-25-21(12-28)20-8-7-18(27(2,3)4)11-22(20)37-25/h10,14,18-19H,5-9,11,13,15H2,1-4H3,(H,29,33). The van der Waals surface area contributed by atoms with Gasteiger partial charge in [-0.2, -0.15) is 5.26 Å². The van der Waals surface area contributed by atoms with Gasteiger partial charge in [0.2, 0.25) is 5.91 Å². The Morgan fingerprint density at radius 1 is 1.35 bits per heavy atom. The molecule has 196 valence electrons. The zero-order chi connectivity index (χ0) is 26.2. The molecular formula is C27H33N5O2S3. The van der Waals surface area contributed by atoms with E-state index in [4.69, 9.17) is 4.74 Å². The fraction of sp³-hybridized carbons (Fsp3) is 0.556. The summed E-state index contributed by atoms with van der Waals surface area (Å²) in [6.07, 6.45) is 5.17. The van der Waals surface area contributed by atoms with Crippen molar-refractivity contribution in [2.45, 2.75) is 77.6 Å². The van der Waals surface area contributed by atoms with Gasteiger partial charge < -0.3 is 10.1 Å². The number of ether oxygens (including phenoxy) is 1. The van der Waals surface area contributed by atoms with Crippen LogP contribution >= 0.6 is 34.4 Å². The molecule has 4 heterocycles. The fourth-order valence-electron chi connectivity index (χ4n) is 5.15. The minimum absolute atomic E-state index is 0.132. The second kappa shape index (κ2) is 10.9. The summed E-state index contributed by atoms with van der Waals surface area (Å²) in [6, 6.07) is 4.48. The van der Waals surface area contributed by atoms with Crippen LogP contribution in [0.2, 0.25) is 0 Å². The monoisotopic (exact) mass is 555 g/mol. The van der Waals surface area contributed by atoms with Gasteiger partial charge in [-0.25, -0.2) is 0 Å². The van der Waals surface area contributed by atoms with Crippen LogP contribution in [-0.2, 0) is 28.9 Å². The Kier molecular flexibility index (Phi) is 7.78. The summed E-state index contributed by atoms with van der Waals surface area (Å²) >= 11 is 4.64. The maximum absolute atomic E-state index is 13.0. The van der Waals surface area contributed by atoms with E-state index < -0.39 is 0 Å². The highest BCUT2D eigenvalue weighted by Crippen LogP contribution is 2.44. The van der Waals surface area contributed by atoms with Gasteiger partial charge in [-0.3, -0.25) is 9.36 Å². The number of amides is 1. The highest BCUT2D eigenvalue weighted by Gasteiger charge is 2.32. The highest BCUT2D eigenvalue weighted by atomic mass is 32.2. The molecule has 10 heteroatoms. The molecule has 37 heavy (non-hydrogen) atoms. The van der Waals surface area contributed by atoms with E-state index in [2.05, 4.69) is 65.3 Å². The topological polar surface area (TPSA) is 92.8 Å². The molecule has 5 rings (SSSR count). The van der Waals surface area contributed by atoms with Crippen LogP contribution in [0.4, 0.5) is 5.00 Å². The zero-order valence-corrected chi connectivity index (χ0v) is 24.2. The number of hydrogen-bond acceptors (Lipinski definition) is 8. The second-order valence-electron chi connectivity index (χ2n) is 11.0. The number of anilines is 1. The van der Waals surface area contributed by atoms with Gasteiger partial charge in [0, 0.05) is 27.3 Å². The summed E-state index contributed by atoms with van der Waals surface area (Å²) in [5.41, 5.74) is 3.04. The molecule has 0 aromatic carbocycles. The van der Waals surface area contributed by atoms with Crippen molar-refractivity contribution in [1.82, 2.24) is 14.8 Å². The molecule has 2 unspecified atom stereocenters. The van der Waals surface area contributed by atoms with E-state index >= 15 is 0 Å². The molecule has 0 saturated carbocycles. The quantitative estimate of drug-likeness (QED) is 0.344. The zero-order valence-electron chi connectivity index (χ0n) is 21.8. The van der Waals surface area contributed by atoms with Crippen LogP contribution < -0.4 is 5.32 Å². The summed E-state index contributed by atoms with van der Waals surface area (Å²) in [7, 11) is 0. The van der Waals surface area contributed by atoms with Crippen LogP contribution in [0.3, 0.4) is 0 Å². The molecule has 0 radical (unpaired) electrons. The van der Waals surface area contributed by atoms with Crippen LogP contribution in [0.1, 0.15) is 60.9 Å². The molecular weight excluding hydrogens is 523 g/mol. The van der Waals surface area contributed by atoms with Crippen LogP contribution in [0.5, 0.6) is 0 Å². The largest absolute Gasteiger partial charge is 0.376 e. The Bertz CT molecular complexity index is 1320. The third-order valence-electron chi connectivity index (χ3n) is 7.30. The Labute approximate surface area is 230 Å². The third kappa shape index (κ3) is 5.80. The van der Waals surface area contributed by atoms with E-state index in [9.17, 15) is 10.1 Å². The van der Waals surface area contributed by atoms with Crippen molar-refractivity contribution in [3.63, 3.8) is 0 Å². The molecule has 1 fully saturated rings. The van der Waals surface area contributed by atoms with Crippen molar-refractivity contribution in [3.8, 4) is 17.5 Å². The van der Waals surface area contributed by atoms with E-state index in [0.717, 1.165) is 55.7 Å². The van der Waals surface area contributed by atoms with E-state index in [-0.39, 0.29) is 23.2 Å². The smallest absolute Gasteiger partial charge is 0.235 e. The minimum atomic E-state index is -0.132. The lowest BCUT2D eigenvalue weighted by Crippen LogP contribution is -2.26. The summed E-state index contributed by atoms with van der Waals surface area (Å²) in [4.78, 5) is 15.5. The molecule has 1 saturated heterocycles. The van der Waals surface area contributed by atoms with Gasteiger partial charge in [0.15, 0.2) is 11.0 Å². The maximum Gasteiger partial charge on any atom is 0.235 e. The molecule has 3 aromatic rings. The molecule has 2 aliphatic rings. The first-order valence-electron chi connectivity index (χ1n) is 12.8. The van der Waals surface area contributed by atoms with Crippen molar-refractivity contribution in [2.24, 2.45) is 11.3 Å². The lowest BCUT2D eigenvalue weighted by Gasteiger charge is -2.33. The first kappa shape index (κ1) is 26.4. The van der Waals surface area contributed by atoms with Gasteiger partial charge in [-0.15, -0.1) is 32.9 Å². The average Bonchev–Trinajstić information content (AvgIpc) is 3.64. The number of nitrogens with one attached hydrogen (secondary N) is 1. The number of nitrogens with zero attached hydrogens (tertiary/aromatic N) is 4. The maximum atomic E-state index is 13.0. The molecule has 3 aromatic heterocycles. The van der Waals surface area contributed by atoms with Crippen LogP contribution in [0.15, 0.2) is 16.6 Å². The molecule has 1 amide bonds. The number of carbonyl (C=O) groups is 1. The summed E-state index contributed by atoms with van der Waals surface area (Å²) in [5.74, 6) is 1.46. The predicted molar refractivity (Wildman–Crippen MR) is 150 cm³/mol. The normalized spacial score (nSPS) is 19.5. The van der Waals surface area contributed by atoms with Gasteiger partial charge in [0.25, 0.3) is 0 Å². The van der Waals surface area contributed by atoms with Gasteiger partial charge in [-0.1, -0.05) is 32.5 Å². The van der Waals surface area contributed by atoms with Gasteiger partial charge in [0.05, 0.1) is 24.0 Å². The molecule has 0 spiro atoms. The lowest BCUT2D eigenvalue weighted by molar-refractivity contribution is -0.113. The van der Waals surface area contributed by atoms with E-state index in [1.165, 1.54) is 21.5 Å². The number of nitriles is 1. The minimum Gasteiger partial charge on any atom is -0.376 e. The first-order chi connectivity index (χ1) is 17.7. The van der Waals surface area contributed by atoms with Crippen molar-refractivity contribution in [1.29, 1.82) is 5.26 Å². The van der Waals surface area contributed by atoms with E-state index in [1.54, 1.807) is 22.7 Å². The number of hydrogen-bond donors (Lipinski definition) is 1. The molecule has 1 aliphatic heterocycles. The molecule has 0 bridgehead atoms. The van der Waals surface area contributed by atoms with Crippen LogP contribution in [-0.4, -0.2) is 39.1 Å².